The second-order valence-corrected chi connectivity index (χ2v) is 4.15. The molecule has 0 atom stereocenters. The lowest BCUT2D eigenvalue weighted by atomic mass is 10.2. The molecule has 2 rings (SSSR count). The normalized spacial score (nSPS) is 11.4. The zero-order chi connectivity index (χ0) is 14.9. The Kier molecular flexibility index (Phi) is 3.52. The summed E-state index contributed by atoms with van der Waals surface area (Å²) in [7, 11) is 1.35. The number of carbonyl (C=O) groups excluding carboxylic acids is 1. The molecule has 0 saturated carbocycles. The molecule has 4 nitrogen and oxygen atoms in total. The third kappa shape index (κ3) is 2.66. The summed E-state index contributed by atoms with van der Waals surface area (Å²) in [4.78, 5) is 17.1. The molecule has 0 aliphatic heterocycles. The second-order valence-electron chi connectivity index (χ2n) is 4.15. The molecule has 0 aliphatic carbocycles. The van der Waals surface area contributed by atoms with Gasteiger partial charge in [0.2, 0.25) is 5.76 Å². The highest BCUT2D eigenvalue weighted by Gasteiger charge is 2.40. The number of alkyl halides is 3. The van der Waals surface area contributed by atoms with E-state index in [9.17, 15) is 18.0 Å². The summed E-state index contributed by atoms with van der Waals surface area (Å²) in [5.41, 5.74) is -0.525. The first kappa shape index (κ1) is 14.1. The number of nitrogens with zero attached hydrogens (tertiary/aromatic N) is 2. The lowest BCUT2D eigenvalue weighted by molar-refractivity contribution is -0.153. The molecule has 2 aromatic heterocycles. The molecule has 0 unspecified atom stereocenters. The highest BCUT2D eigenvalue weighted by molar-refractivity contribution is 6.06. The minimum Gasteiger partial charge on any atom is -0.456 e. The predicted octanol–water partition coefficient (Wildman–Crippen LogP) is 3.28. The standard InChI is InChI=1S/C13H11F3N2O2/c1-8-7-9(11(20-8)13(14,15)16)12(19)18(2)10-5-3-4-6-17-10/h3-7H,1-2H3. The van der Waals surface area contributed by atoms with Gasteiger partial charge in [0.15, 0.2) is 0 Å². The van der Waals surface area contributed by atoms with E-state index in [2.05, 4.69) is 9.40 Å². The zero-order valence-corrected chi connectivity index (χ0v) is 10.7. The summed E-state index contributed by atoms with van der Waals surface area (Å²) >= 11 is 0. The van der Waals surface area contributed by atoms with Crippen molar-refractivity contribution in [1.82, 2.24) is 4.98 Å². The van der Waals surface area contributed by atoms with Crippen LogP contribution in [-0.4, -0.2) is 17.9 Å². The molecule has 0 fully saturated rings. The van der Waals surface area contributed by atoms with Gasteiger partial charge in [-0.2, -0.15) is 13.2 Å². The van der Waals surface area contributed by atoms with Gasteiger partial charge in [0.1, 0.15) is 11.6 Å². The number of halogens is 3. The van der Waals surface area contributed by atoms with Crippen molar-refractivity contribution in [2.24, 2.45) is 0 Å². The molecule has 20 heavy (non-hydrogen) atoms. The van der Waals surface area contributed by atoms with Crippen molar-refractivity contribution >= 4 is 11.7 Å². The Labute approximate surface area is 112 Å². The molecule has 7 heteroatoms. The maximum Gasteiger partial charge on any atom is 0.450 e. The van der Waals surface area contributed by atoms with E-state index in [0.29, 0.717) is 0 Å². The summed E-state index contributed by atoms with van der Waals surface area (Å²) in [5.74, 6) is -1.84. The largest absolute Gasteiger partial charge is 0.456 e. The lowest BCUT2D eigenvalue weighted by Crippen LogP contribution is -2.28. The molecule has 106 valence electrons. The first-order valence-electron chi connectivity index (χ1n) is 5.67. The quantitative estimate of drug-likeness (QED) is 0.850. The van der Waals surface area contributed by atoms with Crippen LogP contribution < -0.4 is 4.90 Å². The number of furan rings is 1. The summed E-state index contributed by atoms with van der Waals surface area (Å²) in [5, 5.41) is 0. The van der Waals surface area contributed by atoms with Gasteiger partial charge < -0.3 is 4.42 Å². The Morgan fingerprint density at radius 3 is 2.60 bits per heavy atom. The van der Waals surface area contributed by atoms with E-state index >= 15 is 0 Å². The minimum absolute atomic E-state index is 0.0232. The topological polar surface area (TPSA) is 46.3 Å². The average molecular weight is 284 g/mol. The highest BCUT2D eigenvalue weighted by atomic mass is 19.4. The number of aryl methyl sites for hydroxylation is 1. The van der Waals surface area contributed by atoms with Crippen LogP contribution >= 0.6 is 0 Å². The molecular weight excluding hydrogens is 273 g/mol. The molecule has 0 aromatic carbocycles. The third-order valence-corrected chi connectivity index (χ3v) is 2.64. The van der Waals surface area contributed by atoms with Gasteiger partial charge in [0.05, 0.1) is 5.56 Å². The molecule has 0 saturated heterocycles. The summed E-state index contributed by atoms with van der Waals surface area (Å²) < 4.78 is 43.0. The Balaban J connectivity index is 2.40. The van der Waals surface area contributed by atoms with Crippen LogP contribution in [-0.2, 0) is 6.18 Å². The molecule has 0 N–H and O–H groups in total. The van der Waals surface area contributed by atoms with Crippen molar-refractivity contribution in [2.75, 3.05) is 11.9 Å². The van der Waals surface area contributed by atoms with Crippen LogP contribution in [0.5, 0.6) is 0 Å². The zero-order valence-electron chi connectivity index (χ0n) is 10.7. The summed E-state index contributed by atoms with van der Waals surface area (Å²) in [6.07, 6.45) is -3.27. The number of rotatable bonds is 2. The number of hydrogen-bond acceptors (Lipinski definition) is 3. The van der Waals surface area contributed by atoms with Gasteiger partial charge in [-0.25, -0.2) is 4.98 Å². The Morgan fingerprint density at radius 2 is 2.05 bits per heavy atom. The van der Waals surface area contributed by atoms with Crippen LogP contribution in [0.25, 0.3) is 0 Å². The summed E-state index contributed by atoms with van der Waals surface area (Å²) in [6.45, 7) is 1.35. The van der Waals surface area contributed by atoms with Crippen LogP contribution in [0, 0.1) is 6.92 Å². The van der Waals surface area contributed by atoms with Gasteiger partial charge in [-0.15, -0.1) is 0 Å². The number of anilines is 1. The molecule has 1 amide bonds. The van der Waals surface area contributed by atoms with Gasteiger partial charge >= 0.3 is 6.18 Å². The Bertz CT molecular complexity index is 620. The van der Waals surface area contributed by atoms with E-state index in [1.165, 1.54) is 26.2 Å². The van der Waals surface area contributed by atoms with E-state index in [0.717, 1.165) is 11.0 Å². The first-order valence-corrected chi connectivity index (χ1v) is 5.67. The lowest BCUT2D eigenvalue weighted by Gasteiger charge is -2.16. The summed E-state index contributed by atoms with van der Waals surface area (Å²) in [6, 6.07) is 5.88. The number of carbonyl (C=O) groups is 1. The number of aromatic nitrogens is 1. The van der Waals surface area contributed by atoms with E-state index in [4.69, 9.17) is 0 Å². The predicted molar refractivity (Wildman–Crippen MR) is 65.4 cm³/mol. The van der Waals surface area contributed by atoms with Gasteiger partial charge in [0.25, 0.3) is 5.91 Å². The molecule has 0 radical (unpaired) electrons. The first-order chi connectivity index (χ1) is 9.30. The van der Waals surface area contributed by atoms with E-state index < -0.39 is 23.4 Å². The maximum absolute atomic E-state index is 12.8. The maximum atomic E-state index is 12.8. The van der Waals surface area contributed by atoms with Crippen molar-refractivity contribution in [3.05, 3.63) is 47.5 Å². The van der Waals surface area contributed by atoms with Gasteiger partial charge in [-0.3, -0.25) is 9.69 Å². The SMILES string of the molecule is Cc1cc(C(=O)N(C)c2ccccn2)c(C(F)(F)F)o1. The molecule has 2 aromatic rings. The van der Waals surface area contributed by atoms with Crippen molar-refractivity contribution in [2.45, 2.75) is 13.1 Å². The third-order valence-electron chi connectivity index (χ3n) is 2.64. The highest BCUT2D eigenvalue weighted by Crippen LogP contribution is 2.34. The Hall–Kier alpha value is -2.31. The smallest absolute Gasteiger partial charge is 0.450 e. The average Bonchev–Trinajstić information content (AvgIpc) is 2.80. The van der Waals surface area contributed by atoms with Crippen LogP contribution in [0.1, 0.15) is 21.9 Å². The van der Waals surface area contributed by atoms with Crippen LogP contribution in [0.3, 0.4) is 0 Å². The fourth-order valence-corrected chi connectivity index (χ4v) is 1.72. The molecule has 2 heterocycles. The molecule has 0 aliphatic rings. The van der Waals surface area contributed by atoms with Crippen molar-refractivity contribution in [3.63, 3.8) is 0 Å². The monoisotopic (exact) mass is 284 g/mol. The van der Waals surface area contributed by atoms with Gasteiger partial charge in [0, 0.05) is 13.2 Å². The van der Waals surface area contributed by atoms with Crippen molar-refractivity contribution in [3.8, 4) is 0 Å². The number of pyridine rings is 1. The van der Waals surface area contributed by atoms with Crippen LogP contribution in [0.2, 0.25) is 0 Å². The molecule has 0 bridgehead atoms. The fraction of sp³-hybridized carbons (Fsp3) is 0.231. The van der Waals surface area contributed by atoms with Gasteiger partial charge in [-0.1, -0.05) is 6.07 Å². The van der Waals surface area contributed by atoms with E-state index in [1.807, 2.05) is 0 Å². The number of hydrogen-bond donors (Lipinski definition) is 0. The van der Waals surface area contributed by atoms with Gasteiger partial charge in [-0.05, 0) is 25.1 Å². The second kappa shape index (κ2) is 4.99. The minimum atomic E-state index is -4.72. The fourth-order valence-electron chi connectivity index (χ4n) is 1.72. The number of amides is 1. The molecular formula is C13H11F3N2O2. The van der Waals surface area contributed by atoms with Crippen LogP contribution in [0.4, 0.5) is 19.0 Å². The van der Waals surface area contributed by atoms with Crippen LogP contribution in [0.15, 0.2) is 34.9 Å². The Morgan fingerprint density at radius 1 is 1.35 bits per heavy atom. The molecule has 0 spiro atoms. The van der Waals surface area contributed by atoms with E-state index in [1.54, 1.807) is 12.1 Å². The van der Waals surface area contributed by atoms with E-state index in [-0.39, 0.29) is 11.6 Å². The van der Waals surface area contributed by atoms with Crippen molar-refractivity contribution < 1.29 is 22.4 Å². The van der Waals surface area contributed by atoms with Crippen molar-refractivity contribution in [1.29, 1.82) is 0 Å².